The smallest absolute Gasteiger partial charge is 0.362 e. The van der Waals surface area contributed by atoms with Crippen LogP contribution in [0.15, 0.2) is 59.4 Å². The first-order valence-electron chi connectivity index (χ1n) is 13.2. The molecule has 212 valence electrons. The summed E-state index contributed by atoms with van der Waals surface area (Å²) >= 11 is 0. The molecule has 0 unspecified atom stereocenters. The number of fused-ring (bicyclic) bond motifs is 3. The van der Waals surface area contributed by atoms with E-state index in [0.29, 0.717) is 61.8 Å². The molecule has 1 atom stereocenters. The summed E-state index contributed by atoms with van der Waals surface area (Å²) in [7, 11) is 0. The van der Waals surface area contributed by atoms with Crippen molar-refractivity contribution in [2.45, 2.75) is 32.0 Å². The number of benzene rings is 2. The first-order chi connectivity index (χ1) is 19.6. The van der Waals surface area contributed by atoms with E-state index >= 15 is 0 Å². The van der Waals surface area contributed by atoms with E-state index in [1.54, 1.807) is 9.47 Å². The molecule has 0 aliphatic carbocycles. The fourth-order valence-electron chi connectivity index (χ4n) is 5.51. The van der Waals surface area contributed by atoms with Crippen LogP contribution >= 0.6 is 0 Å². The normalized spacial score (nSPS) is 17.1. The van der Waals surface area contributed by atoms with Crippen LogP contribution in [-0.4, -0.2) is 62.1 Å². The number of rotatable bonds is 4. The summed E-state index contributed by atoms with van der Waals surface area (Å²) < 4.78 is 41.9. The maximum absolute atomic E-state index is 13.9. The van der Waals surface area contributed by atoms with Crippen LogP contribution < -0.4 is 15.8 Å². The number of hydrogen-bond acceptors (Lipinski definition) is 6. The zero-order valence-corrected chi connectivity index (χ0v) is 22.1. The number of alkyl halides is 3. The maximum atomic E-state index is 13.9. The fourth-order valence-corrected chi connectivity index (χ4v) is 5.51. The number of carbonyl (C=O) groups excluding carboxylic acids is 2. The largest absolute Gasteiger partial charge is 0.416 e. The van der Waals surface area contributed by atoms with Crippen molar-refractivity contribution in [3.63, 3.8) is 0 Å². The molecule has 1 saturated heterocycles. The molecule has 2 aliphatic heterocycles. The molecule has 1 fully saturated rings. The van der Waals surface area contributed by atoms with Gasteiger partial charge in [0.2, 0.25) is 17.6 Å². The maximum Gasteiger partial charge on any atom is 0.416 e. The number of piperazine rings is 1. The van der Waals surface area contributed by atoms with Crippen LogP contribution in [0.4, 0.5) is 24.5 Å². The Hall–Kier alpha value is -4.68. The van der Waals surface area contributed by atoms with E-state index in [4.69, 9.17) is 0 Å². The molecule has 2 aromatic heterocycles. The molecule has 0 bridgehead atoms. The summed E-state index contributed by atoms with van der Waals surface area (Å²) in [6, 6.07) is 12.6. The Morgan fingerprint density at radius 1 is 0.976 bits per heavy atom. The molecule has 0 saturated carbocycles. The van der Waals surface area contributed by atoms with Crippen LogP contribution in [0.25, 0.3) is 17.2 Å². The van der Waals surface area contributed by atoms with Gasteiger partial charge in [0, 0.05) is 44.4 Å². The third kappa shape index (κ3) is 4.81. The fraction of sp³-hybridized carbons (Fsp3) is 0.321. The summed E-state index contributed by atoms with van der Waals surface area (Å²) in [5, 5.41) is 7.23. The Morgan fingerprint density at radius 2 is 1.66 bits per heavy atom. The molecule has 1 N–H and O–H groups in total. The monoisotopic (exact) mass is 565 g/mol. The topological polar surface area (TPSA) is 105 Å². The van der Waals surface area contributed by atoms with E-state index in [-0.39, 0.29) is 22.9 Å². The third-order valence-electron chi connectivity index (χ3n) is 7.59. The molecular weight excluding hydrogens is 539 g/mol. The second kappa shape index (κ2) is 10.1. The van der Waals surface area contributed by atoms with Gasteiger partial charge in [0.05, 0.1) is 11.3 Å². The predicted molar refractivity (Wildman–Crippen MR) is 145 cm³/mol. The Kier molecular flexibility index (Phi) is 6.51. The summed E-state index contributed by atoms with van der Waals surface area (Å²) in [5.74, 6) is 0.0568. The summed E-state index contributed by atoms with van der Waals surface area (Å²) in [4.78, 5) is 47.5. The van der Waals surface area contributed by atoms with Crippen molar-refractivity contribution >= 4 is 29.0 Å². The third-order valence-corrected chi connectivity index (χ3v) is 7.59. The van der Waals surface area contributed by atoms with Gasteiger partial charge in [-0.2, -0.15) is 22.7 Å². The molecule has 41 heavy (non-hydrogen) atoms. The van der Waals surface area contributed by atoms with Crippen LogP contribution in [0.5, 0.6) is 0 Å². The van der Waals surface area contributed by atoms with Gasteiger partial charge in [0.25, 0.3) is 5.56 Å². The van der Waals surface area contributed by atoms with Gasteiger partial charge in [-0.05, 0) is 37.1 Å². The highest BCUT2D eigenvalue weighted by atomic mass is 19.4. The highest BCUT2D eigenvalue weighted by molar-refractivity contribution is 5.94. The zero-order valence-electron chi connectivity index (χ0n) is 22.1. The molecule has 2 amide bonds. The van der Waals surface area contributed by atoms with Crippen LogP contribution in [0.2, 0.25) is 0 Å². The molecule has 6 rings (SSSR count). The Balaban J connectivity index is 1.41. The molecule has 13 heteroatoms. The number of halogens is 3. The summed E-state index contributed by atoms with van der Waals surface area (Å²) in [6.07, 6.45) is -3.72. The van der Waals surface area contributed by atoms with Crippen molar-refractivity contribution < 1.29 is 22.8 Å². The van der Waals surface area contributed by atoms with Gasteiger partial charge in [-0.1, -0.05) is 30.3 Å². The molecule has 10 nitrogen and oxygen atoms in total. The lowest BCUT2D eigenvalue weighted by Gasteiger charge is -2.36. The predicted octanol–water partition coefficient (Wildman–Crippen LogP) is 3.37. The minimum Gasteiger partial charge on any atom is -0.362 e. The molecule has 0 spiro atoms. The summed E-state index contributed by atoms with van der Waals surface area (Å²) in [5.41, 5.74) is 0.799. The lowest BCUT2D eigenvalue weighted by molar-refractivity contribution is -0.137. The van der Waals surface area contributed by atoms with Gasteiger partial charge in [-0.3, -0.25) is 19.0 Å². The average molecular weight is 566 g/mol. The molecule has 0 radical (unpaired) electrons. The van der Waals surface area contributed by atoms with Gasteiger partial charge in [0.1, 0.15) is 11.7 Å². The molecular formula is C28H26F3N7O3. The van der Waals surface area contributed by atoms with Crippen molar-refractivity contribution in [1.29, 1.82) is 0 Å². The first-order valence-corrected chi connectivity index (χ1v) is 13.2. The Morgan fingerprint density at radius 3 is 2.29 bits per heavy atom. The van der Waals surface area contributed by atoms with Crippen molar-refractivity contribution in [1.82, 2.24) is 24.1 Å². The summed E-state index contributed by atoms with van der Waals surface area (Å²) in [6.45, 7) is 3.30. The number of carbonyl (C=O) groups is 2. The van der Waals surface area contributed by atoms with E-state index < -0.39 is 23.7 Å². The highest BCUT2D eigenvalue weighted by Gasteiger charge is 2.37. The SMILES string of the molecule is CC(=O)N1CCN(c2c3n(c4nc(-c5ccccc5)nn4c2=O)[C@@H](C(=O)Nc2ccc(C(F)(F)F)cc2)CC3)CC1. The van der Waals surface area contributed by atoms with Gasteiger partial charge >= 0.3 is 6.18 Å². The first kappa shape index (κ1) is 26.5. The van der Waals surface area contributed by atoms with Crippen LogP contribution in [0, 0.1) is 0 Å². The van der Waals surface area contributed by atoms with E-state index in [0.717, 1.165) is 12.1 Å². The lowest BCUT2D eigenvalue weighted by Crippen LogP contribution is -2.50. The van der Waals surface area contributed by atoms with E-state index in [2.05, 4.69) is 15.4 Å². The van der Waals surface area contributed by atoms with Crippen molar-refractivity contribution in [2.24, 2.45) is 0 Å². The van der Waals surface area contributed by atoms with Gasteiger partial charge in [0.15, 0.2) is 5.82 Å². The molecule has 2 aliphatic rings. The van der Waals surface area contributed by atoms with Crippen molar-refractivity contribution in [3.05, 3.63) is 76.2 Å². The average Bonchev–Trinajstić information content (AvgIpc) is 3.59. The Bertz CT molecular complexity index is 1690. The molecule has 4 aromatic rings. The number of hydrogen-bond donors (Lipinski definition) is 1. The number of anilines is 2. The van der Waals surface area contributed by atoms with Crippen LogP contribution in [-0.2, 0) is 22.2 Å². The Labute approximate surface area is 232 Å². The molecule has 4 heterocycles. The van der Waals surface area contributed by atoms with E-state index in [9.17, 15) is 27.6 Å². The highest BCUT2D eigenvalue weighted by Crippen LogP contribution is 2.35. The van der Waals surface area contributed by atoms with E-state index in [1.807, 2.05) is 35.2 Å². The standard InChI is InChI=1S/C28H26F3N7O3/c1-17(39)35-13-15-36(16-14-35)23-21-11-12-22(25(40)32-20-9-7-19(8-10-20)28(29,30)31)37(21)27-33-24(34-38(27)26(23)41)18-5-3-2-4-6-18/h2-10,22H,11-16H2,1H3,(H,32,40)/t22-/m1/s1. The van der Waals surface area contributed by atoms with Crippen LogP contribution in [0.3, 0.4) is 0 Å². The van der Waals surface area contributed by atoms with Gasteiger partial charge < -0.3 is 15.1 Å². The zero-order chi connectivity index (χ0) is 28.9. The lowest BCUT2D eigenvalue weighted by atomic mass is 10.1. The van der Waals surface area contributed by atoms with Gasteiger partial charge in [-0.15, -0.1) is 5.10 Å². The van der Waals surface area contributed by atoms with Crippen molar-refractivity contribution in [2.75, 3.05) is 36.4 Å². The second-order valence-electron chi connectivity index (χ2n) is 10.1. The minimum atomic E-state index is -4.49. The second-order valence-corrected chi connectivity index (χ2v) is 10.1. The molecule has 2 aromatic carbocycles. The number of nitrogens with zero attached hydrogens (tertiary/aromatic N) is 6. The van der Waals surface area contributed by atoms with Crippen LogP contribution in [0.1, 0.15) is 30.6 Å². The minimum absolute atomic E-state index is 0.0363. The number of nitrogens with one attached hydrogen (secondary N) is 1. The van der Waals surface area contributed by atoms with Crippen molar-refractivity contribution in [3.8, 4) is 11.4 Å². The number of amides is 2. The van der Waals surface area contributed by atoms with Gasteiger partial charge in [-0.25, -0.2) is 0 Å². The van der Waals surface area contributed by atoms with E-state index in [1.165, 1.54) is 23.6 Å². The quantitative estimate of drug-likeness (QED) is 0.407. The number of aromatic nitrogens is 4.